The van der Waals surface area contributed by atoms with Crippen molar-refractivity contribution in [3.05, 3.63) is 63.6 Å². The summed E-state index contributed by atoms with van der Waals surface area (Å²) in [6.07, 6.45) is 0. The lowest BCUT2D eigenvalue weighted by Crippen LogP contribution is -2.34. The van der Waals surface area contributed by atoms with Crippen molar-refractivity contribution in [1.29, 1.82) is 0 Å². The van der Waals surface area contributed by atoms with Crippen molar-refractivity contribution in [1.82, 2.24) is 5.32 Å². The maximum Gasteiger partial charge on any atom is 0.119 e. The van der Waals surface area contributed by atoms with Crippen LogP contribution in [0.1, 0.15) is 31.9 Å². The summed E-state index contributed by atoms with van der Waals surface area (Å²) in [4.78, 5) is 0. The van der Waals surface area contributed by atoms with Crippen molar-refractivity contribution in [3.8, 4) is 5.75 Å². The number of hydrogen-bond acceptors (Lipinski definition) is 2. The molecule has 1 N–H and O–H groups in total. The molecule has 5 heteroatoms. The molecule has 0 saturated carbocycles. The third-order valence-corrected chi connectivity index (χ3v) is 3.74. The zero-order valence-electron chi connectivity index (χ0n) is 13.5. The maximum absolute atomic E-state index is 6.13. The largest absolute Gasteiger partial charge is 0.489 e. The van der Waals surface area contributed by atoms with Crippen LogP contribution in [-0.2, 0) is 13.2 Å². The molecule has 0 aromatic heterocycles. The van der Waals surface area contributed by atoms with Crippen LogP contribution in [0.3, 0.4) is 0 Å². The smallest absolute Gasteiger partial charge is 0.119 e. The molecule has 0 aliphatic rings. The van der Waals surface area contributed by atoms with E-state index < -0.39 is 0 Å². The second-order valence-electron chi connectivity index (χ2n) is 6.27. The molecule has 0 amide bonds. The summed E-state index contributed by atoms with van der Waals surface area (Å²) in [5.74, 6) is 0.825. The summed E-state index contributed by atoms with van der Waals surface area (Å²) in [5.41, 5.74) is 2.26. The number of ether oxygens (including phenoxy) is 1. The van der Waals surface area contributed by atoms with E-state index in [1.165, 1.54) is 5.56 Å². The van der Waals surface area contributed by atoms with E-state index in [0.29, 0.717) is 16.7 Å². The van der Waals surface area contributed by atoms with E-state index in [2.05, 4.69) is 38.2 Å². The first-order valence-electron chi connectivity index (χ1n) is 7.24. The number of benzene rings is 2. The first-order valence-corrected chi connectivity index (χ1v) is 8.00. The molecule has 0 aliphatic heterocycles. The van der Waals surface area contributed by atoms with Crippen molar-refractivity contribution < 1.29 is 4.74 Å². The number of nitrogens with one attached hydrogen (secondary N) is 1. The highest BCUT2D eigenvalue weighted by Crippen LogP contribution is 2.23. The maximum atomic E-state index is 6.13. The van der Waals surface area contributed by atoms with Gasteiger partial charge in [-0.15, -0.1) is 12.4 Å². The first kappa shape index (κ1) is 20.1. The van der Waals surface area contributed by atoms with Crippen molar-refractivity contribution >= 4 is 35.6 Å². The lowest BCUT2D eigenvalue weighted by Gasteiger charge is -2.20. The van der Waals surface area contributed by atoms with Crippen molar-refractivity contribution in [2.24, 2.45) is 0 Å². The number of hydrogen-bond donors (Lipinski definition) is 1. The van der Waals surface area contributed by atoms with Crippen molar-refractivity contribution in [3.63, 3.8) is 0 Å². The van der Waals surface area contributed by atoms with Crippen molar-refractivity contribution in [2.75, 3.05) is 0 Å². The molecule has 2 nitrogen and oxygen atoms in total. The lowest BCUT2D eigenvalue weighted by atomic mass is 10.1. The van der Waals surface area contributed by atoms with Gasteiger partial charge in [0.2, 0.25) is 0 Å². The number of rotatable bonds is 5. The molecule has 0 unspecified atom stereocenters. The summed E-state index contributed by atoms with van der Waals surface area (Å²) in [7, 11) is 0. The molecule has 0 atom stereocenters. The molecule has 0 saturated heterocycles. The second-order valence-corrected chi connectivity index (χ2v) is 7.12. The van der Waals surface area contributed by atoms with Gasteiger partial charge in [0.15, 0.2) is 0 Å². The highest BCUT2D eigenvalue weighted by atomic mass is 35.5. The Kier molecular flexibility index (Phi) is 7.69. The molecule has 2 aromatic carbocycles. The van der Waals surface area contributed by atoms with Gasteiger partial charge in [0, 0.05) is 27.7 Å². The van der Waals surface area contributed by atoms with E-state index in [0.717, 1.165) is 17.9 Å². The fourth-order valence-electron chi connectivity index (χ4n) is 1.87. The Balaban J connectivity index is 0.00000264. The summed E-state index contributed by atoms with van der Waals surface area (Å²) in [6, 6.07) is 13.5. The van der Waals surface area contributed by atoms with Crippen LogP contribution in [0.15, 0.2) is 42.5 Å². The zero-order chi connectivity index (χ0) is 16.2. The Hall–Kier alpha value is -0.930. The second kappa shape index (κ2) is 8.79. The molecule has 0 heterocycles. The summed E-state index contributed by atoms with van der Waals surface area (Å²) < 4.78 is 5.77. The Morgan fingerprint density at radius 1 is 1.00 bits per heavy atom. The van der Waals surface area contributed by atoms with Gasteiger partial charge < -0.3 is 10.1 Å². The fourth-order valence-corrected chi connectivity index (χ4v) is 2.33. The average molecular weight is 375 g/mol. The fraction of sp³-hybridized carbons (Fsp3) is 0.333. The van der Waals surface area contributed by atoms with Crippen LogP contribution in [0.5, 0.6) is 5.75 Å². The highest BCUT2D eigenvalue weighted by Gasteiger charge is 2.08. The molecule has 0 spiro atoms. The Labute approximate surface area is 154 Å². The third kappa shape index (κ3) is 7.01. The minimum absolute atomic E-state index is 0. The van der Waals surface area contributed by atoms with Gasteiger partial charge in [-0.25, -0.2) is 0 Å². The predicted octanol–water partition coefficient (Wildman–Crippen LogP) is 5.88. The summed E-state index contributed by atoms with van der Waals surface area (Å²) in [5, 5.41) is 4.71. The Morgan fingerprint density at radius 3 is 2.22 bits per heavy atom. The van der Waals surface area contributed by atoms with Gasteiger partial charge in [-0.2, -0.15) is 0 Å². The SMILES string of the molecule is CC(C)(C)NCc1ccc(OCc2ccc(Cl)cc2Cl)cc1.Cl. The van der Waals surface area contributed by atoms with Crippen LogP contribution in [-0.4, -0.2) is 5.54 Å². The van der Waals surface area contributed by atoms with Crippen LogP contribution < -0.4 is 10.1 Å². The van der Waals surface area contributed by atoms with Crippen LogP contribution >= 0.6 is 35.6 Å². The van der Waals surface area contributed by atoms with Crippen LogP contribution in [0.4, 0.5) is 0 Å². The van der Waals surface area contributed by atoms with E-state index in [-0.39, 0.29) is 17.9 Å². The Bertz CT molecular complexity index is 621. The van der Waals surface area contributed by atoms with Gasteiger partial charge in [0.1, 0.15) is 12.4 Å². The van der Waals surface area contributed by atoms with Crippen LogP contribution in [0.25, 0.3) is 0 Å². The van der Waals surface area contributed by atoms with Gasteiger partial charge >= 0.3 is 0 Å². The van der Waals surface area contributed by atoms with Gasteiger partial charge in [-0.3, -0.25) is 0 Å². The molecule has 0 bridgehead atoms. The average Bonchev–Trinajstić information content (AvgIpc) is 2.44. The molecule has 0 radical (unpaired) electrons. The quantitative estimate of drug-likeness (QED) is 0.705. The minimum Gasteiger partial charge on any atom is -0.489 e. The molecule has 23 heavy (non-hydrogen) atoms. The van der Waals surface area contributed by atoms with E-state index in [4.69, 9.17) is 27.9 Å². The summed E-state index contributed by atoms with van der Waals surface area (Å²) >= 11 is 12.0. The highest BCUT2D eigenvalue weighted by molar-refractivity contribution is 6.35. The van der Waals surface area contributed by atoms with E-state index in [1.807, 2.05) is 24.3 Å². The molecule has 0 fully saturated rings. The standard InChI is InChI=1S/C18H21Cl2NO.ClH/c1-18(2,3)21-11-13-4-8-16(9-5-13)22-12-14-6-7-15(19)10-17(14)20;/h4-10,21H,11-12H2,1-3H3;1H. The van der Waals surface area contributed by atoms with Crippen molar-refractivity contribution in [2.45, 2.75) is 39.5 Å². The van der Waals surface area contributed by atoms with E-state index in [1.54, 1.807) is 6.07 Å². The van der Waals surface area contributed by atoms with Gasteiger partial charge in [0.05, 0.1) is 0 Å². The van der Waals surface area contributed by atoms with Gasteiger partial charge in [-0.05, 0) is 50.6 Å². The normalized spacial score (nSPS) is 11.0. The summed E-state index contributed by atoms with van der Waals surface area (Å²) in [6.45, 7) is 7.73. The molecular formula is C18H22Cl3NO. The molecule has 2 aromatic rings. The Morgan fingerprint density at radius 2 is 1.65 bits per heavy atom. The zero-order valence-corrected chi connectivity index (χ0v) is 15.9. The molecule has 0 aliphatic carbocycles. The first-order chi connectivity index (χ1) is 10.3. The monoisotopic (exact) mass is 373 g/mol. The molecular weight excluding hydrogens is 353 g/mol. The van der Waals surface area contributed by atoms with E-state index in [9.17, 15) is 0 Å². The molecule has 126 valence electrons. The van der Waals surface area contributed by atoms with Gasteiger partial charge in [0.25, 0.3) is 0 Å². The molecule has 2 rings (SSSR count). The predicted molar refractivity (Wildman–Crippen MR) is 101 cm³/mol. The third-order valence-electron chi connectivity index (χ3n) is 3.16. The van der Waals surface area contributed by atoms with E-state index >= 15 is 0 Å². The number of halogens is 3. The lowest BCUT2D eigenvalue weighted by molar-refractivity contribution is 0.306. The topological polar surface area (TPSA) is 21.3 Å². The van der Waals surface area contributed by atoms with Crippen LogP contribution in [0.2, 0.25) is 10.0 Å². The minimum atomic E-state index is 0. The van der Waals surface area contributed by atoms with Crippen LogP contribution in [0, 0.1) is 0 Å². The van der Waals surface area contributed by atoms with Gasteiger partial charge in [-0.1, -0.05) is 41.4 Å².